The minimum Gasteiger partial charge on any atom is -0.394 e. The summed E-state index contributed by atoms with van der Waals surface area (Å²) in [5, 5.41) is 8.56. The highest BCUT2D eigenvalue weighted by atomic mass is 35.5. The van der Waals surface area contributed by atoms with Crippen molar-refractivity contribution in [2.45, 2.75) is 17.1 Å². The molecule has 7 nitrogen and oxygen atoms in total. The van der Waals surface area contributed by atoms with Crippen LogP contribution in [-0.2, 0) is 6.18 Å². The van der Waals surface area contributed by atoms with E-state index in [1.54, 1.807) is 6.07 Å². The van der Waals surface area contributed by atoms with Crippen LogP contribution in [0.25, 0.3) is 10.9 Å². The number of alkyl halides is 3. The fourth-order valence-electron chi connectivity index (χ4n) is 2.74. The van der Waals surface area contributed by atoms with Crippen molar-refractivity contribution in [3.8, 4) is 0 Å². The molecule has 0 unspecified atom stereocenters. The molecule has 0 fully saturated rings. The molecule has 0 aliphatic heterocycles. The fourth-order valence-corrected chi connectivity index (χ4v) is 4.32. The Hall–Kier alpha value is -2.50. The van der Waals surface area contributed by atoms with Gasteiger partial charge in [0, 0.05) is 18.0 Å². The van der Waals surface area contributed by atoms with Gasteiger partial charge in [0.05, 0.1) is 39.0 Å². The second kappa shape index (κ2) is 8.09. The molecule has 0 bridgehead atoms. The van der Waals surface area contributed by atoms with E-state index in [1.165, 1.54) is 22.9 Å². The molecular weight excluding hydrogens is 435 g/mol. The van der Waals surface area contributed by atoms with Gasteiger partial charge in [-0.25, -0.2) is 4.79 Å². The monoisotopic (exact) mass is 447 g/mol. The SMILES string of the molecule is O=c1[nH]c(=O)c2cc(C(F)(F)F)c(Cl)c(SC[C@H](CO)n3ccccc3=O)c2[nH]1. The minimum absolute atomic E-state index is 0.0502. The maximum Gasteiger partial charge on any atom is 0.417 e. The van der Waals surface area contributed by atoms with Crippen molar-refractivity contribution in [2.75, 3.05) is 12.4 Å². The summed E-state index contributed by atoms with van der Waals surface area (Å²) in [4.78, 5) is 39.6. The zero-order valence-corrected chi connectivity index (χ0v) is 16.0. The topological polar surface area (TPSA) is 108 Å². The maximum absolute atomic E-state index is 13.4. The lowest BCUT2D eigenvalue weighted by Crippen LogP contribution is -2.27. The first-order chi connectivity index (χ1) is 13.6. The summed E-state index contributed by atoms with van der Waals surface area (Å²) in [6, 6.07) is 4.15. The van der Waals surface area contributed by atoms with E-state index in [4.69, 9.17) is 11.6 Å². The third-order valence-corrected chi connectivity index (χ3v) is 5.86. The van der Waals surface area contributed by atoms with E-state index in [0.29, 0.717) is 6.07 Å². The summed E-state index contributed by atoms with van der Waals surface area (Å²) in [5.74, 6) is -0.0502. The number of rotatable bonds is 5. The molecule has 1 aromatic carbocycles. The predicted molar refractivity (Wildman–Crippen MR) is 103 cm³/mol. The van der Waals surface area contributed by atoms with Gasteiger partial charge in [0.1, 0.15) is 0 Å². The molecule has 0 aliphatic rings. The Morgan fingerprint density at radius 3 is 2.55 bits per heavy atom. The highest BCUT2D eigenvalue weighted by molar-refractivity contribution is 7.99. The van der Waals surface area contributed by atoms with Crippen molar-refractivity contribution in [3.63, 3.8) is 0 Å². The number of aliphatic hydroxyl groups is 1. The van der Waals surface area contributed by atoms with Gasteiger partial charge in [0.15, 0.2) is 0 Å². The molecule has 12 heteroatoms. The molecule has 1 atom stereocenters. The van der Waals surface area contributed by atoms with Gasteiger partial charge in [0.25, 0.3) is 11.1 Å². The summed E-state index contributed by atoms with van der Waals surface area (Å²) < 4.78 is 41.4. The molecule has 0 saturated carbocycles. The van der Waals surface area contributed by atoms with Crippen LogP contribution in [0, 0.1) is 0 Å². The van der Waals surface area contributed by atoms with E-state index in [1.807, 2.05) is 4.98 Å². The van der Waals surface area contributed by atoms with Crippen LogP contribution in [0.4, 0.5) is 13.2 Å². The predicted octanol–water partition coefficient (Wildman–Crippen LogP) is 2.38. The highest BCUT2D eigenvalue weighted by Gasteiger charge is 2.35. The normalized spacial score (nSPS) is 13.0. The van der Waals surface area contributed by atoms with E-state index in [9.17, 15) is 32.7 Å². The number of nitrogens with one attached hydrogen (secondary N) is 2. The number of fused-ring (bicyclic) bond motifs is 1. The number of halogens is 4. The first-order valence-corrected chi connectivity index (χ1v) is 9.46. The Labute approximate surface area is 169 Å². The molecule has 0 radical (unpaired) electrons. The molecule has 2 heterocycles. The zero-order valence-electron chi connectivity index (χ0n) is 14.4. The number of hydrogen-bond acceptors (Lipinski definition) is 5. The lowest BCUT2D eigenvalue weighted by atomic mass is 10.1. The maximum atomic E-state index is 13.4. The van der Waals surface area contributed by atoms with Crippen LogP contribution in [0.2, 0.25) is 5.02 Å². The number of aliphatic hydroxyl groups excluding tert-OH is 1. The quantitative estimate of drug-likeness (QED) is 0.520. The molecule has 0 saturated heterocycles. The van der Waals surface area contributed by atoms with Crippen LogP contribution in [-0.4, -0.2) is 32.0 Å². The van der Waals surface area contributed by atoms with Gasteiger partial charge in [-0.2, -0.15) is 13.2 Å². The number of H-pyrrole nitrogens is 2. The van der Waals surface area contributed by atoms with Gasteiger partial charge in [-0.1, -0.05) is 17.7 Å². The van der Waals surface area contributed by atoms with Crippen LogP contribution in [0.15, 0.2) is 49.7 Å². The number of pyridine rings is 1. The van der Waals surface area contributed by atoms with Crippen LogP contribution in [0.1, 0.15) is 11.6 Å². The van der Waals surface area contributed by atoms with Gasteiger partial charge < -0.3 is 14.7 Å². The molecule has 0 aliphatic carbocycles. The third-order valence-electron chi connectivity index (χ3n) is 4.11. The fraction of sp³-hybridized carbons (Fsp3) is 0.235. The van der Waals surface area contributed by atoms with Crippen LogP contribution in [0.5, 0.6) is 0 Å². The molecule has 29 heavy (non-hydrogen) atoms. The average molecular weight is 448 g/mol. The van der Waals surface area contributed by atoms with Gasteiger partial charge in [-0.15, -0.1) is 11.8 Å². The Kier molecular flexibility index (Phi) is 5.92. The zero-order chi connectivity index (χ0) is 21.3. The molecule has 3 rings (SSSR count). The lowest BCUT2D eigenvalue weighted by molar-refractivity contribution is -0.137. The first kappa shape index (κ1) is 21.2. The average Bonchev–Trinajstić information content (AvgIpc) is 2.63. The Morgan fingerprint density at radius 1 is 1.21 bits per heavy atom. The van der Waals surface area contributed by atoms with Gasteiger partial charge >= 0.3 is 11.9 Å². The second-order valence-electron chi connectivity index (χ2n) is 5.99. The largest absolute Gasteiger partial charge is 0.417 e. The van der Waals surface area contributed by atoms with Crippen molar-refractivity contribution < 1.29 is 18.3 Å². The standard InChI is InChI=1S/C17H13ClF3N3O4S/c18-12-10(17(19,20)21)5-9-13(22-16(28)23-15(9)27)14(12)29-7-8(6-25)24-4-2-1-3-11(24)26/h1-5,8,25H,6-7H2,(H2,22,23,27,28)/t8-/m0/s1. The smallest absolute Gasteiger partial charge is 0.394 e. The number of aromatic amines is 2. The van der Waals surface area contributed by atoms with E-state index in [0.717, 1.165) is 11.8 Å². The van der Waals surface area contributed by atoms with Gasteiger partial charge in [-0.05, 0) is 12.1 Å². The Morgan fingerprint density at radius 2 is 1.93 bits per heavy atom. The summed E-state index contributed by atoms with van der Waals surface area (Å²) in [7, 11) is 0. The Bertz CT molecular complexity index is 1240. The van der Waals surface area contributed by atoms with E-state index >= 15 is 0 Å². The molecule has 154 valence electrons. The first-order valence-electron chi connectivity index (χ1n) is 8.10. The molecular formula is C17H13ClF3N3O4S. The van der Waals surface area contributed by atoms with Crippen LogP contribution in [0.3, 0.4) is 0 Å². The highest BCUT2D eigenvalue weighted by Crippen LogP contribution is 2.43. The van der Waals surface area contributed by atoms with E-state index in [2.05, 4.69) is 4.98 Å². The molecule has 0 amide bonds. The summed E-state index contributed by atoms with van der Waals surface area (Å²) in [6.07, 6.45) is -3.40. The van der Waals surface area contributed by atoms with Crippen molar-refractivity contribution in [2.24, 2.45) is 0 Å². The summed E-state index contributed by atoms with van der Waals surface area (Å²) >= 11 is 6.76. The third kappa shape index (κ3) is 4.26. The van der Waals surface area contributed by atoms with Crippen LogP contribution < -0.4 is 16.8 Å². The number of thioether (sulfide) groups is 1. The van der Waals surface area contributed by atoms with Crippen molar-refractivity contribution in [3.05, 3.63) is 72.2 Å². The van der Waals surface area contributed by atoms with E-state index in [-0.39, 0.29) is 21.6 Å². The number of nitrogens with zero attached hydrogens (tertiary/aromatic N) is 1. The van der Waals surface area contributed by atoms with Crippen molar-refractivity contribution >= 4 is 34.3 Å². The van der Waals surface area contributed by atoms with Gasteiger partial charge in [-0.3, -0.25) is 14.6 Å². The summed E-state index contributed by atoms with van der Waals surface area (Å²) in [6.45, 7) is -0.470. The summed E-state index contributed by atoms with van der Waals surface area (Å²) in [5.41, 5.74) is -3.69. The lowest BCUT2D eigenvalue weighted by Gasteiger charge is -2.19. The minimum atomic E-state index is -4.84. The number of hydrogen-bond donors (Lipinski definition) is 3. The molecule has 3 aromatic rings. The van der Waals surface area contributed by atoms with E-state index < -0.39 is 46.2 Å². The second-order valence-corrected chi connectivity index (χ2v) is 7.40. The van der Waals surface area contributed by atoms with Crippen molar-refractivity contribution in [1.82, 2.24) is 14.5 Å². The number of benzene rings is 1. The number of aromatic nitrogens is 3. The molecule has 0 spiro atoms. The van der Waals surface area contributed by atoms with Crippen molar-refractivity contribution in [1.29, 1.82) is 0 Å². The molecule has 3 N–H and O–H groups in total. The van der Waals surface area contributed by atoms with Crippen LogP contribution >= 0.6 is 23.4 Å². The van der Waals surface area contributed by atoms with Gasteiger partial charge in [0.2, 0.25) is 0 Å². The Balaban J connectivity index is 2.14. The molecule has 2 aromatic heterocycles.